The summed E-state index contributed by atoms with van der Waals surface area (Å²) in [6, 6.07) is 10.1. The molecule has 0 aliphatic carbocycles. The highest BCUT2D eigenvalue weighted by molar-refractivity contribution is 7.92. The average Bonchev–Trinajstić information content (AvgIpc) is 2.38. The zero-order chi connectivity index (χ0) is 13.9. The van der Waals surface area contributed by atoms with E-state index in [0.29, 0.717) is 17.9 Å². The van der Waals surface area contributed by atoms with Gasteiger partial charge >= 0.3 is 0 Å². The fourth-order valence-corrected chi connectivity index (χ4v) is 2.99. The first-order valence-corrected chi connectivity index (χ1v) is 7.25. The van der Waals surface area contributed by atoms with Gasteiger partial charge in [0.1, 0.15) is 5.82 Å². The molecule has 0 amide bonds. The summed E-state index contributed by atoms with van der Waals surface area (Å²) in [6.07, 6.45) is 1.53. The standard InChI is InChI=1S/C13H15N3O2S/c1-10-8-11(9-14)5-6-12(10)19(17,18)16-13-4-2-3-7-15-13/h2-8H,9,14H2,1H3,(H,15,16). The van der Waals surface area contributed by atoms with Crippen molar-refractivity contribution in [2.24, 2.45) is 5.73 Å². The van der Waals surface area contributed by atoms with Gasteiger partial charge in [0.2, 0.25) is 0 Å². The molecule has 2 aromatic rings. The van der Waals surface area contributed by atoms with Gasteiger partial charge in [-0.2, -0.15) is 0 Å². The summed E-state index contributed by atoms with van der Waals surface area (Å²) in [5.41, 5.74) is 7.08. The lowest BCUT2D eigenvalue weighted by molar-refractivity contribution is 0.600. The molecule has 1 heterocycles. The third kappa shape index (κ3) is 3.10. The Morgan fingerprint density at radius 3 is 2.63 bits per heavy atom. The van der Waals surface area contributed by atoms with E-state index < -0.39 is 10.0 Å². The van der Waals surface area contributed by atoms with Crippen LogP contribution >= 0.6 is 0 Å². The molecule has 0 aliphatic rings. The number of pyridine rings is 1. The van der Waals surface area contributed by atoms with E-state index in [-0.39, 0.29) is 4.90 Å². The van der Waals surface area contributed by atoms with Crippen LogP contribution in [0, 0.1) is 6.92 Å². The molecule has 0 atom stereocenters. The van der Waals surface area contributed by atoms with E-state index in [9.17, 15) is 8.42 Å². The summed E-state index contributed by atoms with van der Waals surface area (Å²) in [6.45, 7) is 2.13. The van der Waals surface area contributed by atoms with E-state index >= 15 is 0 Å². The molecule has 0 fully saturated rings. The number of rotatable bonds is 4. The Kier molecular flexibility index (Phi) is 3.82. The van der Waals surface area contributed by atoms with Crippen molar-refractivity contribution in [3.8, 4) is 0 Å². The summed E-state index contributed by atoms with van der Waals surface area (Å²) in [5, 5.41) is 0. The van der Waals surface area contributed by atoms with Crippen LogP contribution in [-0.2, 0) is 16.6 Å². The predicted molar refractivity (Wildman–Crippen MR) is 74.1 cm³/mol. The van der Waals surface area contributed by atoms with Crippen molar-refractivity contribution in [2.45, 2.75) is 18.4 Å². The molecule has 0 aliphatic heterocycles. The van der Waals surface area contributed by atoms with E-state index in [0.717, 1.165) is 5.56 Å². The summed E-state index contributed by atoms with van der Waals surface area (Å²) < 4.78 is 26.9. The molecule has 0 radical (unpaired) electrons. The average molecular weight is 277 g/mol. The largest absolute Gasteiger partial charge is 0.326 e. The van der Waals surface area contributed by atoms with Gasteiger partial charge in [-0.15, -0.1) is 0 Å². The van der Waals surface area contributed by atoms with Crippen molar-refractivity contribution in [3.63, 3.8) is 0 Å². The van der Waals surface area contributed by atoms with Crippen LogP contribution in [0.3, 0.4) is 0 Å². The Hall–Kier alpha value is -1.92. The van der Waals surface area contributed by atoms with Gasteiger partial charge in [-0.1, -0.05) is 18.2 Å². The maximum absolute atomic E-state index is 12.2. The molecular weight excluding hydrogens is 262 g/mol. The normalized spacial score (nSPS) is 11.3. The van der Waals surface area contributed by atoms with Crippen molar-refractivity contribution in [1.82, 2.24) is 4.98 Å². The minimum atomic E-state index is -3.62. The van der Waals surface area contributed by atoms with Crippen LogP contribution in [0.2, 0.25) is 0 Å². The van der Waals surface area contributed by atoms with Gasteiger partial charge in [-0.3, -0.25) is 4.72 Å². The third-order valence-corrected chi connectivity index (χ3v) is 4.18. The summed E-state index contributed by atoms with van der Waals surface area (Å²) in [4.78, 5) is 4.17. The van der Waals surface area contributed by atoms with Gasteiger partial charge in [0.25, 0.3) is 10.0 Å². The van der Waals surface area contributed by atoms with E-state index in [4.69, 9.17) is 5.73 Å². The molecular formula is C13H15N3O2S. The van der Waals surface area contributed by atoms with Crippen molar-refractivity contribution < 1.29 is 8.42 Å². The van der Waals surface area contributed by atoms with Crippen molar-refractivity contribution >= 4 is 15.8 Å². The molecule has 0 saturated carbocycles. The van der Waals surface area contributed by atoms with Crippen LogP contribution in [0.15, 0.2) is 47.5 Å². The number of sulfonamides is 1. The molecule has 2 rings (SSSR count). The van der Waals surface area contributed by atoms with Crippen molar-refractivity contribution in [3.05, 3.63) is 53.7 Å². The predicted octanol–water partition coefficient (Wildman–Crippen LogP) is 1.65. The molecule has 0 spiro atoms. The lowest BCUT2D eigenvalue weighted by Crippen LogP contribution is -2.15. The zero-order valence-electron chi connectivity index (χ0n) is 10.5. The highest BCUT2D eigenvalue weighted by atomic mass is 32.2. The first-order chi connectivity index (χ1) is 9.03. The molecule has 100 valence electrons. The molecule has 19 heavy (non-hydrogen) atoms. The SMILES string of the molecule is Cc1cc(CN)ccc1S(=O)(=O)Nc1ccccn1. The fraction of sp³-hybridized carbons (Fsp3) is 0.154. The number of benzene rings is 1. The molecule has 5 nitrogen and oxygen atoms in total. The highest BCUT2D eigenvalue weighted by Crippen LogP contribution is 2.19. The summed E-state index contributed by atoms with van der Waals surface area (Å²) in [7, 11) is -3.62. The lowest BCUT2D eigenvalue weighted by Gasteiger charge is -2.10. The van der Waals surface area contributed by atoms with E-state index in [2.05, 4.69) is 9.71 Å². The number of aryl methyl sites for hydroxylation is 1. The van der Waals surface area contributed by atoms with Crippen LogP contribution in [0.5, 0.6) is 0 Å². The Labute approximate surface area is 112 Å². The van der Waals surface area contributed by atoms with Gasteiger partial charge in [-0.25, -0.2) is 13.4 Å². The highest BCUT2D eigenvalue weighted by Gasteiger charge is 2.17. The molecule has 1 aromatic heterocycles. The molecule has 3 N–H and O–H groups in total. The lowest BCUT2D eigenvalue weighted by atomic mass is 10.1. The molecule has 0 saturated heterocycles. The van der Waals surface area contributed by atoms with Crippen molar-refractivity contribution in [1.29, 1.82) is 0 Å². The van der Waals surface area contributed by atoms with Gasteiger partial charge < -0.3 is 5.73 Å². The number of hydrogen-bond acceptors (Lipinski definition) is 4. The van der Waals surface area contributed by atoms with Crippen molar-refractivity contribution in [2.75, 3.05) is 4.72 Å². The van der Waals surface area contributed by atoms with Gasteiger partial charge in [-0.05, 0) is 36.2 Å². The second kappa shape index (κ2) is 5.38. The minimum absolute atomic E-state index is 0.232. The van der Waals surface area contributed by atoms with Crippen LogP contribution < -0.4 is 10.5 Å². The first kappa shape index (κ1) is 13.5. The molecule has 0 unspecified atom stereocenters. The zero-order valence-corrected chi connectivity index (χ0v) is 11.3. The monoisotopic (exact) mass is 277 g/mol. The van der Waals surface area contributed by atoms with Gasteiger partial charge in [0.05, 0.1) is 4.90 Å². The second-order valence-electron chi connectivity index (χ2n) is 4.12. The molecule has 0 bridgehead atoms. The third-order valence-electron chi connectivity index (χ3n) is 2.67. The second-order valence-corrected chi connectivity index (χ2v) is 5.78. The number of nitrogens with zero attached hydrogens (tertiary/aromatic N) is 1. The number of anilines is 1. The van der Waals surface area contributed by atoms with E-state index in [1.165, 1.54) is 6.20 Å². The Morgan fingerprint density at radius 1 is 1.26 bits per heavy atom. The quantitative estimate of drug-likeness (QED) is 0.889. The maximum atomic E-state index is 12.2. The van der Waals surface area contributed by atoms with E-state index in [1.54, 1.807) is 43.3 Å². The number of nitrogens with two attached hydrogens (primary N) is 1. The topological polar surface area (TPSA) is 85.1 Å². The van der Waals surface area contributed by atoms with Crippen LogP contribution in [0.4, 0.5) is 5.82 Å². The van der Waals surface area contributed by atoms with Gasteiger partial charge in [0.15, 0.2) is 0 Å². The van der Waals surface area contributed by atoms with E-state index in [1.807, 2.05) is 0 Å². The van der Waals surface area contributed by atoms with Crippen LogP contribution in [0.1, 0.15) is 11.1 Å². The Bertz CT molecular complexity index is 670. The Morgan fingerprint density at radius 2 is 2.05 bits per heavy atom. The van der Waals surface area contributed by atoms with Crippen LogP contribution in [0.25, 0.3) is 0 Å². The number of hydrogen-bond donors (Lipinski definition) is 2. The first-order valence-electron chi connectivity index (χ1n) is 5.76. The number of aromatic nitrogens is 1. The number of nitrogens with one attached hydrogen (secondary N) is 1. The summed E-state index contributed by atoms with van der Waals surface area (Å²) >= 11 is 0. The molecule has 6 heteroatoms. The van der Waals surface area contributed by atoms with Crippen LogP contribution in [-0.4, -0.2) is 13.4 Å². The maximum Gasteiger partial charge on any atom is 0.263 e. The minimum Gasteiger partial charge on any atom is -0.326 e. The molecule has 1 aromatic carbocycles. The summed E-state index contributed by atoms with van der Waals surface area (Å²) in [5.74, 6) is 0.296. The van der Waals surface area contributed by atoms with Gasteiger partial charge in [0, 0.05) is 12.7 Å². The smallest absolute Gasteiger partial charge is 0.263 e. The fourth-order valence-electron chi connectivity index (χ4n) is 1.76. The Balaban J connectivity index is 2.35.